The Labute approximate surface area is 140 Å². The quantitative estimate of drug-likeness (QED) is 0.903. The van der Waals surface area contributed by atoms with Crippen molar-refractivity contribution in [2.75, 3.05) is 26.2 Å². The minimum absolute atomic E-state index is 0.296. The molecule has 1 aromatic rings. The van der Waals surface area contributed by atoms with Crippen molar-refractivity contribution < 1.29 is 9.69 Å². The third-order valence-corrected chi connectivity index (χ3v) is 5.65. The Hall–Kier alpha value is -1.35. The van der Waals surface area contributed by atoms with E-state index in [1.165, 1.54) is 32.4 Å². The average molecular weight is 315 g/mol. The number of amides is 1. The van der Waals surface area contributed by atoms with Gasteiger partial charge in [0.15, 0.2) is 0 Å². The summed E-state index contributed by atoms with van der Waals surface area (Å²) in [5, 5.41) is 0. The van der Waals surface area contributed by atoms with Crippen LogP contribution in [0.5, 0.6) is 0 Å². The molecule has 2 heterocycles. The predicted molar refractivity (Wildman–Crippen MR) is 93.4 cm³/mol. The van der Waals surface area contributed by atoms with Crippen molar-refractivity contribution in [2.24, 2.45) is 11.8 Å². The van der Waals surface area contributed by atoms with Crippen LogP contribution < -0.4 is 4.90 Å². The molecule has 2 saturated heterocycles. The first-order valence-electron chi connectivity index (χ1n) is 9.28. The van der Waals surface area contributed by atoms with Crippen LogP contribution >= 0.6 is 0 Å². The van der Waals surface area contributed by atoms with Crippen molar-refractivity contribution >= 4 is 5.91 Å². The topological polar surface area (TPSA) is 24.8 Å². The van der Waals surface area contributed by atoms with Gasteiger partial charge in [0, 0.05) is 37.8 Å². The highest BCUT2D eigenvalue weighted by Gasteiger charge is 2.34. The summed E-state index contributed by atoms with van der Waals surface area (Å²) >= 11 is 0. The molecule has 1 aromatic carbocycles. The highest BCUT2D eigenvalue weighted by atomic mass is 16.2. The molecule has 2 atom stereocenters. The van der Waals surface area contributed by atoms with E-state index in [-0.39, 0.29) is 0 Å². The van der Waals surface area contributed by atoms with E-state index in [4.69, 9.17) is 0 Å². The van der Waals surface area contributed by atoms with E-state index in [1.54, 1.807) is 4.90 Å². The van der Waals surface area contributed by atoms with Gasteiger partial charge in [-0.05, 0) is 12.0 Å². The van der Waals surface area contributed by atoms with Crippen LogP contribution in [-0.2, 0) is 11.2 Å². The molecule has 3 rings (SSSR count). The lowest BCUT2D eigenvalue weighted by Gasteiger charge is -2.41. The molecular weight excluding hydrogens is 284 g/mol. The minimum atomic E-state index is 0.296. The zero-order valence-electron chi connectivity index (χ0n) is 14.6. The van der Waals surface area contributed by atoms with Gasteiger partial charge >= 0.3 is 0 Å². The number of quaternary nitrogens is 1. The van der Waals surface area contributed by atoms with Crippen LogP contribution in [0.4, 0.5) is 0 Å². The molecule has 0 spiro atoms. The fourth-order valence-electron chi connectivity index (χ4n) is 4.58. The average Bonchev–Trinajstić information content (AvgIpc) is 2.55. The van der Waals surface area contributed by atoms with Gasteiger partial charge in [0.25, 0.3) is 0 Å². The second kappa shape index (κ2) is 7.48. The van der Waals surface area contributed by atoms with Crippen LogP contribution in [0.1, 0.15) is 38.7 Å². The van der Waals surface area contributed by atoms with E-state index in [0.717, 1.165) is 36.5 Å². The molecular formula is C20H31N2O+. The molecule has 2 aliphatic heterocycles. The Morgan fingerprint density at radius 3 is 2.30 bits per heavy atom. The molecule has 1 amide bonds. The summed E-state index contributed by atoms with van der Waals surface area (Å²) in [6, 6.07) is 10.9. The molecule has 2 aliphatic rings. The molecule has 0 aromatic heterocycles. The highest BCUT2D eigenvalue weighted by Crippen LogP contribution is 2.16. The third kappa shape index (κ3) is 4.35. The molecule has 126 valence electrons. The number of likely N-dealkylation sites (tertiary alicyclic amines) is 2. The largest absolute Gasteiger partial charge is 0.342 e. The van der Waals surface area contributed by atoms with E-state index >= 15 is 0 Å². The van der Waals surface area contributed by atoms with Crippen molar-refractivity contribution in [3.8, 4) is 0 Å². The second-order valence-corrected chi connectivity index (χ2v) is 7.83. The summed E-state index contributed by atoms with van der Waals surface area (Å²) in [6.45, 7) is 9.34. The zero-order chi connectivity index (χ0) is 16.2. The van der Waals surface area contributed by atoms with Gasteiger partial charge in [-0.2, -0.15) is 0 Å². The lowest BCUT2D eigenvalue weighted by atomic mass is 9.89. The van der Waals surface area contributed by atoms with Crippen LogP contribution in [0.2, 0.25) is 0 Å². The number of piperidine rings is 2. The number of hydrogen-bond acceptors (Lipinski definition) is 1. The SMILES string of the molecule is CC1CC(C)C[NH+](C2CCN(C(=O)Cc3ccccc3)CC2)C1. The Morgan fingerprint density at radius 2 is 1.70 bits per heavy atom. The predicted octanol–water partition coefficient (Wildman–Crippen LogP) is 1.78. The van der Waals surface area contributed by atoms with Gasteiger partial charge in [-0.3, -0.25) is 4.79 Å². The number of rotatable bonds is 3. The molecule has 0 saturated carbocycles. The third-order valence-electron chi connectivity index (χ3n) is 5.65. The lowest BCUT2D eigenvalue weighted by molar-refractivity contribution is -0.938. The molecule has 3 heteroatoms. The lowest BCUT2D eigenvalue weighted by Crippen LogP contribution is -3.18. The summed E-state index contributed by atoms with van der Waals surface area (Å²) in [6.07, 6.45) is 4.29. The Morgan fingerprint density at radius 1 is 1.09 bits per heavy atom. The summed E-state index contributed by atoms with van der Waals surface area (Å²) in [7, 11) is 0. The Balaban J connectivity index is 1.49. The monoisotopic (exact) mass is 315 g/mol. The van der Waals surface area contributed by atoms with Gasteiger partial charge in [-0.15, -0.1) is 0 Å². The first-order valence-corrected chi connectivity index (χ1v) is 9.28. The molecule has 23 heavy (non-hydrogen) atoms. The van der Waals surface area contributed by atoms with E-state index in [2.05, 4.69) is 18.7 Å². The van der Waals surface area contributed by atoms with Crippen LogP contribution in [0.25, 0.3) is 0 Å². The van der Waals surface area contributed by atoms with Gasteiger partial charge < -0.3 is 9.80 Å². The molecule has 0 bridgehead atoms. The first-order chi connectivity index (χ1) is 11.1. The fraction of sp³-hybridized carbons (Fsp3) is 0.650. The number of nitrogens with one attached hydrogen (secondary N) is 1. The summed E-state index contributed by atoms with van der Waals surface area (Å²) < 4.78 is 0. The summed E-state index contributed by atoms with van der Waals surface area (Å²) in [5.41, 5.74) is 1.13. The van der Waals surface area contributed by atoms with Crippen molar-refractivity contribution in [3.05, 3.63) is 35.9 Å². The Bertz CT molecular complexity index is 498. The van der Waals surface area contributed by atoms with Crippen molar-refractivity contribution in [2.45, 2.75) is 45.6 Å². The van der Waals surface area contributed by atoms with Crippen LogP contribution in [-0.4, -0.2) is 43.0 Å². The smallest absolute Gasteiger partial charge is 0.226 e. The van der Waals surface area contributed by atoms with Crippen molar-refractivity contribution in [1.82, 2.24) is 4.90 Å². The van der Waals surface area contributed by atoms with Gasteiger partial charge in [-0.1, -0.05) is 44.2 Å². The number of hydrogen-bond donors (Lipinski definition) is 1. The van der Waals surface area contributed by atoms with E-state index in [0.29, 0.717) is 12.3 Å². The maximum Gasteiger partial charge on any atom is 0.226 e. The standard InChI is InChI=1S/C20H30N2O/c1-16-12-17(2)15-22(14-16)19-8-10-21(11-9-19)20(23)13-18-6-4-3-5-7-18/h3-7,16-17,19H,8-15H2,1-2H3/p+1. The summed E-state index contributed by atoms with van der Waals surface area (Å²) in [5.74, 6) is 2.00. The van der Waals surface area contributed by atoms with E-state index in [1.807, 2.05) is 30.3 Å². The molecule has 2 fully saturated rings. The van der Waals surface area contributed by atoms with Crippen LogP contribution in [0, 0.1) is 11.8 Å². The Kier molecular flexibility index (Phi) is 5.37. The maximum atomic E-state index is 12.5. The molecule has 1 N–H and O–H groups in total. The number of carbonyl (C=O) groups is 1. The van der Waals surface area contributed by atoms with E-state index < -0.39 is 0 Å². The number of carbonyl (C=O) groups excluding carboxylic acids is 1. The fourth-order valence-corrected chi connectivity index (χ4v) is 4.58. The molecule has 0 aliphatic carbocycles. The normalized spacial score (nSPS) is 29.5. The number of nitrogens with zero attached hydrogens (tertiary/aromatic N) is 1. The van der Waals surface area contributed by atoms with Gasteiger partial charge in [0.05, 0.1) is 25.6 Å². The molecule has 3 nitrogen and oxygen atoms in total. The molecule has 2 unspecified atom stereocenters. The molecule has 0 radical (unpaired) electrons. The zero-order valence-corrected chi connectivity index (χ0v) is 14.6. The number of benzene rings is 1. The van der Waals surface area contributed by atoms with Crippen molar-refractivity contribution in [1.29, 1.82) is 0 Å². The second-order valence-electron chi connectivity index (χ2n) is 7.83. The van der Waals surface area contributed by atoms with Crippen molar-refractivity contribution in [3.63, 3.8) is 0 Å². The van der Waals surface area contributed by atoms with Crippen LogP contribution in [0.15, 0.2) is 30.3 Å². The summed E-state index contributed by atoms with van der Waals surface area (Å²) in [4.78, 5) is 16.4. The minimum Gasteiger partial charge on any atom is -0.342 e. The first kappa shape index (κ1) is 16.5. The van der Waals surface area contributed by atoms with Crippen LogP contribution in [0.3, 0.4) is 0 Å². The van der Waals surface area contributed by atoms with Gasteiger partial charge in [0.2, 0.25) is 5.91 Å². The van der Waals surface area contributed by atoms with E-state index in [9.17, 15) is 4.79 Å². The van der Waals surface area contributed by atoms with Gasteiger partial charge in [-0.25, -0.2) is 0 Å². The maximum absolute atomic E-state index is 12.5. The van der Waals surface area contributed by atoms with Gasteiger partial charge in [0.1, 0.15) is 0 Å². The highest BCUT2D eigenvalue weighted by molar-refractivity contribution is 5.78.